The van der Waals surface area contributed by atoms with E-state index in [1.54, 1.807) is 0 Å². The highest BCUT2D eigenvalue weighted by molar-refractivity contribution is 5.53. The maximum Gasteiger partial charge on any atom is 0.503 e. The van der Waals surface area contributed by atoms with Crippen LogP contribution in [0.1, 0.15) is 44.1 Å². The monoisotopic (exact) mass is 251 g/mol. The highest BCUT2D eigenvalue weighted by Crippen LogP contribution is 2.34. The van der Waals surface area contributed by atoms with Crippen molar-refractivity contribution in [3.8, 4) is 0 Å². The molecule has 18 heavy (non-hydrogen) atoms. The predicted octanol–water partition coefficient (Wildman–Crippen LogP) is 3.82. The average Bonchev–Trinajstić information content (AvgIpc) is 3.13. The summed E-state index contributed by atoms with van der Waals surface area (Å²) in [5.74, 6) is 1.10. The molecule has 1 aromatic rings. The summed E-state index contributed by atoms with van der Waals surface area (Å²) in [6, 6.07) is 4.20. The van der Waals surface area contributed by atoms with E-state index < -0.39 is 6.16 Å². The summed E-state index contributed by atoms with van der Waals surface area (Å²) in [6.45, 7) is 0. The number of hydrogen-bond donors (Lipinski definition) is 2. The largest absolute Gasteiger partial charge is 0.503 e. The highest BCUT2D eigenvalue weighted by atomic mass is 16.6. The van der Waals surface area contributed by atoms with Gasteiger partial charge in [0, 0.05) is 12.4 Å². The fourth-order valence-corrected chi connectivity index (χ4v) is 1.89. The standard InChI is InChI=1S/C13H19N.CH2O3/c1(2-5-12-8-9-12)3-6-13-7-4-10-14-11-13;2-1(3)4/h4,7,10-12H,1-3,5-6,8-9H2;(H2,2,3,4). The molecule has 1 aliphatic rings. The second-order valence-electron chi connectivity index (χ2n) is 4.69. The molecule has 4 heteroatoms. The lowest BCUT2D eigenvalue weighted by atomic mass is 10.1. The molecule has 0 aromatic carbocycles. The van der Waals surface area contributed by atoms with Gasteiger partial charge < -0.3 is 10.2 Å². The average molecular weight is 251 g/mol. The number of pyridine rings is 1. The molecule has 0 amide bonds. The zero-order valence-corrected chi connectivity index (χ0v) is 10.6. The third-order valence-electron chi connectivity index (χ3n) is 3.00. The normalized spacial score (nSPS) is 13.6. The van der Waals surface area contributed by atoms with Crippen molar-refractivity contribution in [1.29, 1.82) is 0 Å². The first-order chi connectivity index (χ1) is 8.68. The quantitative estimate of drug-likeness (QED) is 0.754. The van der Waals surface area contributed by atoms with Crippen LogP contribution in [-0.2, 0) is 6.42 Å². The van der Waals surface area contributed by atoms with E-state index in [0.29, 0.717) is 0 Å². The van der Waals surface area contributed by atoms with Crippen LogP contribution in [0, 0.1) is 5.92 Å². The number of aromatic nitrogens is 1. The second kappa shape index (κ2) is 8.50. The second-order valence-corrected chi connectivity index (χ2v) is 4.69. The molecule has 1 saturated carbocycles. The van der Waals surface area contributed by atoms with E-state index in [2.05, 4.69) is 11.1 Å². The van der Waals surface area contributed by atoms with Gasteiger partial charge in [-0.3, -0.25) is 4.98 Å². The van der Waals surface area contributed by atoms with Gasteiger partial charge in [0.2, 0.25) is 0 Å². The number of aryl methyl sites for hydroxylation is 1. The topological polar surface area (TPSA) is 70.4 Å². The third kappa shape index (κ3) is 8.56. The Morgan fingerprint density at radius 3 is 2.56 bits per heavy atom. The maximum absolute atomic E-state index is 8.56. The molecule has 1 fully saturated rings. The van der Waals surface area contributed by atoms with Gasteiger partial charge in [0.25, 0.3) is 0 Å². The van der Waals surface area contributed by atoms with E-state index in [0.717, 1.165) is 5.92 Å². The van der Waals surface area contributed by atoms with Crippen molar-refractivity contribution in [2.75, 3.05) is 0 Å². The van der Waals surface area contributed by atoms with Crippen LogP contribution < -0.4 is 0 Å². The molecule has 0 aliphatic heterocycles. The first-order valence-electron chi connectivity index (χ1n) is 6.49. The van der Waals surface area contributed by atoms with Crippen molar-refractivity contribution >= 4 is 6.16 Å². The van der Waals surface area contributed by atoms with Gasteiger partial charge in [0.1, 0.15) is 0 Å². The third-order valence-corrected chi connectivity index (χ3v) is 3.00. The van der Waals surface area contributed by atoms with E-state index in [1.807, 2.05) is 18.5 Å². The SMILES string of the molecule is O=C(O)O.c1cncc(CCCCCC2CC2)c1. The lowest BCUT2D eigenvalue weighted by Gasteiger charge is -2.00. The minimum Gasteiger partial charge on any atom is -0.450 e. The van der Waals surface area contributed by atoms with E-state index >= 15 is 0 Å². The van der Waals surface area contributed by atoms with Gasteiger partial charge in [0.15, 0.2) is 0 Å². The number of carbonyl (C=O) groups is 1. The first kappa shape index (κ1) is 14.5. The summed E-state index contributed by atoms with van der Waals surface area (Å²) in [6.07, 6.45) is 11.9. The van der Waals surface area contributed by atoms with Gasteiger partial charge in [-0.2, -0.15) is 0 Å². The Labute approximate surface area is 108 Å². The van der Waals surface area contributed by atoms with Crippen LogP contribution in [0.15, 0.2) is 24.5 Å². The van der Waals surface area contributed by atoms with Gasteiger partial charge in [0.05, 0.1) is 0 Å². The van der Waals surface area contributed by atoms with Crippen molar-refractivity contribution in [2.24, 2.45) is 5.92 Å². The Kier molecular flexibility index (Phi) is 6.84. The smallest absolute Gasteiger partial charge is 0.450 e. The minimum atomic E-state index is -1.83. The van der Waals surface area contributed by atoms with Crippen molar-refractivity contribution in [2.45, 2.75) is 44.9 Å². The molecule has 1 aliphatic carbocycles. The van der Waals surface area contributed by atoms with Crippen LogP contribution in [-0.4, -0.2) is 21.4 Å². The van der Waals surface area contributed by atoms with E-state index in [4.69, 9.17) is 15.0 Å². The number of nitrogens with zero attached hydrogens (tertiary/aromatic N) is 1. The molecule has 0 spiro atoms. The number of rotatable bonds is 6. The van der Waals surface area contributed by atoms with Crippen LogP contribution in [0.2, 0.25) is 0 Å². The number of unbranched alkanes of at least 4 members (excludes halogenated alkanes) is 2. The summed E-state index contributed by atoms with van der Waals surface area (Å²) < 4.78 is 0. The van der Waals surface area contributed by atoms with Gasteiger partial charge in [-0.1, -0.05) is 38.2 Å². The molecule has 0 saturated heterocycles. The fraction of sp³-hybridized carbons (Fsp3) is 0.571. The van der Waals surface area contributed by atoms with E-state index in [1.165, 1.54) is 50.5 Å². The Morgan fingerprint density at radius 1 is 1.28 bits per heavy atom. The zero-order valence-electron chi connectivity index (χ0n) is 10.6. The van der Waals surface area contributed by atoms with Crippen LogP contribution in [0.3, 0.4) is 0 Å². The Balaban J connectivity index is 0.000000357. The van der Waals surface area contributed by atoms with E-state index in [-0.39, 0.29) is 0 Å². The van der Waals surface area contributed by atoms with Crippen LogP contribution >= 0.6 is 0 Å². The molecule has 1 heterocycles. The zero-order chi connectivity index (χ0) is 13.2. The minimum absolute atomic E-state index is 1.10. The molecule has 0 radical (unpaired) electrons. The first-order valence-corrected chi connectivity index (χ1v) is 6.49. The molecule has 1 aromatic heterocycles. The van der Waals surface area contributed by atoms with Crippen molar-refractivity contribution in [1.82, 2.24) is 4.98 Å². The van der Waals surface area contributed by atoms with Crippen LogP contribution in [0.25, 0.3) is 0 Å². The summed E-state index contributed by atoms with van der Waals surface area (Å²) in [5.41, 5.74) is 1.39. The molecule has 0 bridgehead atoms. The van der Waals surface area contributed by atoms with Crippen LogP contribution in [0.4, 0.5) is 4.79 Å². The van der Waals surface area contributed by atoms with Gasteiger partial charge in [-0.25, -0.2) is 4.79 Å². The van der Waals surface area contributed by atoms with Crippen molar-refractivity contribution < 1.29 is 15.0 Å². The molecule has 100 valence electrons. The lowest BCUT2D eigenvalue weighted by Crippen LogP contribution is -1.87. The van der Waals surface area contributed by atoms with Crippen LogP contribution in [0.5, 0.6) is 0 Å². The van der Waals surface area contributed by atoms with Crippen molar-refractivity contribution in [3.63, 3.8) is 0 Å². The van der Waals surface area contributed by atoms with Gasteiger partial charge in [-0.15, -0.1) is 0 Å². The number of hydrogen-bond acceptors (Lipinski definition) is 2. The molecular formula is C14H21NO3. The molecule has 0 atom stereocenters. The van der Waals surface area contributed by atoms with Gasteiger partial charge >= 0.3 is 6.16 Å². The summed E-state index contributed by atoms with van der Waals surface area (Å²) in [7, 11) is 0. The van der Waals surface area contributed by atoms with E-state index in [9.17, 15) is 0 Å². The lowest BCUT2D eigenvalue weighted by molar-refractivity contribution is 0.137. The Bertz CT molecular complexity index is 332. The summed E-state index contributed by atoms with van der Waals surface area (Å²) in [5, 5.41) is 13.9. The highest BCUT2D eigenvalue weighted by Gasteiger charge is 2.19. The molecule has 2 N–H and O–H groups in total. The Hall–Kier alpha value is -1.58. The molecule has 2 rings (SSSR count). The number of carboxylic acid groups (broad SMARTS) is 2. The molecule has 4 nitrogen and oxygen atoms in total. The summed E-state index contributed by atoms with van der Waals surface area (Å²) in [4.78, 5) is 12.7. The Morgan fingerprint density at radius 2 is 2.00 bits per heavy atom. The van der Waals surface area contributed by atoms with Crippen molar-refractivity contribution in [3.05, 3.63) is 30.1 Å². The predicted molar refractivity (Wildman–Crippen MR) is 69.8 cm³/mol. The fourth-order valence-electron chi connectivity index (χ4n) is 1.89. The van der Waals surface area contributed by atoms with Gasteiger partial charge in [-0.05, 0) is 30.4 Å². The maximum atomic E-state index is 8.56. The molecular weight excluding hydrogens is 230 g/mol. The molecule has 0 unspecified atom stereocenters. The summed E-state index contributed by atoms with van der Waals surface area (Å²) >= 11 is 0.